The number of nitrogens with zero attached hydrogens (tertiary/aromatic N) is 1. The van der Waals surface area contributed by atoms with Crippen LogP contribution in [0, 0.1) is 23.2 Å². The Bertz CT molecular complexity index is 498. The van der Waals surface area contributed by atoms with Gasteiger partial charge in [-0.1, -0.05) is 34.5 Å². The van der Waals surface area contributed by atoms with Gasteiger partial charge in [0.25, 0.3) is 0 Å². The van der Waals surface area contributed by atoms with Crippen LogP contribution in [0.5, 0.6) is 0 Å². The molecule has 1 aliphatic carbocycles. The molecule has 3 heteroatoms. The van der Waals surface area contributed by atoms with E-state index in [9.17, 15) is 5.26 Å². The van der Waals surface area contributed by atoms with Gasteiger partial charge in [-0.05, 0) is 55.9 Å². The molecule has 0 aromatic heterocycles. The summed E-state index contributed by atoms with van der Waals surface area (Å²) in [5.74, 6) is 0.968. The molecule has 3 atom stereocenters. The van der Waals surface area contributed by atoms with Gasteiger partial charge < -0.3 is 5.32 Å². The van der Waals surface area contributed by atoms with E-state index in [1.165, 1.54) is 5.57 Å². The first-order valence-corrected chi connectivity index (χ1v) is 7.47. The van der Waals surface area contributed by atoms with Crippen molar-refractivity contribution in [1.29, 1.82) is 5.26 Å². The lowest BCUT2D eigenvalue weighted by atomic mass is 9.80. The van der Waals surface area contributed by atoms with Gasteiger partial charge in [-0.15, -0.1) is 0 Å². The smallest absolute Gasteiger partial charge is 0.117 e. The number of halogens is 1. The average molecular weight is 319 g/mol. The fourth-order valence-electron chi connectivity index (χ4n) is 2.83. The normalized spacial score (nSPS) is 24.2. The first-order chi connectivity index (χ1) is 9.08. The second-order valence-electron chi connectivity index (χ2n) is 5.45. The van der Waals surface area contributed by atoms with Gasteiger partial charge in [-0.2, -0.15) is 5.26 Å². The number of nitriles is 1. The average Bonchev–Trinajstić information content (AvgIpc) is 2.37. The van der Waals surface area contributed by atoms with Crippen molar-refractivity contribution in [3.63, 3.8) is 0 Å². The molecule has 2 nitrogen and oxygen atoms in total. The molecular weight excluding hydrogens is 300 g/mol. The second-order valence-corrected chi connectivity index (χ2v) is 6.36. The minimum Gasteiger partial charge on any atom is -0.370 e. The van der Waals surface area contributed by atoms with Gasteiger partial charge in [0.2, 0.25) is 0 Å². The minimum absolute atomic E-state index is 0.118. The highest BCUT2D eigenvalue weighted by molar-refractivity contribution is 9.10. The first-order valence-electron chi connectivity index (χ1n) is 6.67. The highest BCUT2D eigenvalue weighted by atomic mass is 79.9. The molecule has 0 bridgehead atoms. The van der Waals surface area contributed by atoms with Gasteiger partial charge in [-0.25, -0.2) is 0 Å². The molecule has 0 heterocycles. The zero-order valence-corrected chi connectivity index (χ0v) is 12.9. The van der Waals surface area contributed by atoms with Crippen LogP contribution in [0.25, 0.3) is 0 Å². The fourth-order valence-corrected chi connectivity index (χ4v) is 3.10. The van der Waals surface area contributed by atoms with E-state index in [4.69, 9.17) is 0 Å². The summed E-state index contributed by atoms with van der Waals surface area (Å²) in [7, 11) is 0. The SMILES string of the molecule is CC1=CC(C)CC(C(C#N)Nc2ccc(Br)cc2)C1. The molecule has 0 aliphatic heterocycles. The minimum atomic E-state index is -0.118. The van der Waals surface area contributed by atoms with Crippen LogP contribution in [0.1, 0.15) is 26.7 Å². The van der Waals surface area contributed by atoms with Crippen molar-refractivity contribution in [2.75, 3.05) is 5.32 Å². The Hall–Kier alpha value is -1.27. The Morgan fingerprint density at radius 1 is 1.37 bits per heavy atom. The van der Waals surface area contributed by atoms with Gasteiger partial charge in [0.15, 0.2) is 0 Å². The number of hydrogen-bond acceptors (Lipinski definition) is 2. The number of allylic oxidation sites excluding steroid dienone is 2. The van der Waals surface area contributed by atoms with E-state index >= 15 is 0 Å². The number of benzene rings is 1. The predicted octanol–water partition coefficient (Wildman–Crippen LogP) is 4.75. The molecule has 0 saturated carbocycles. The van der Waals surface area contributed by atoms with Gasteiger partial charge in [0.05, 0.1) is 6.07 Å². The topological polar surface area (TPSA) is 35.8 Å². The van der Waals surface area contributed by atoms with Crippen molar-refractivity contribution in [2.45, 2.75) is 32.7 Å². The summed E-state index contributed by atoms with van der Waals surface area (Å²) in [5.41, 5.74) is 2.41. The quantitative estimate of drug-likeness (QED) is 0.816. The van der Waals surface area contributed by atoms with Crippen molar-refractivity contribution in [1.82, 2.24) is 0 Å². The van der Waals surface area contributed by atoms with Crippen LogP contribution in [-0.4, -0.2) is 6.04 Å². The monoisotopic (exact) mass is 318 g/mol. The number of nitrogens with one attached hydrogen (secondary N) is 1. The molecule has 1 aromatic carbocycles. The van der Waals surface area contributed by atoms with E-state index in [0.717, 1.165) is 23.0 Å². The molecule has 19 heavy (non-hydrogen) atoms. The molecule has 100 valence electrons. The van der Waals surface area contributed by atoms with Crippen molar-refractivity contribution in [2.24, 2.45) is 11.8 Å². The predicted molar refractivity (Wildman–Crippen MR) is 82.8 cm³/mol. The Morgan fingerprint density at radius 3 is 2.63 bits per heavy atom. The summed E-state index contributed by atoms with van der Waals surface area (Å²) < 4.78 is 1.05. The van der Waals surface area contributed by atoms with Gasteiger partial charge in [-0.3, -0.25) is 0 Å². The Kier molecular flexibility index (Phi) is 4.66. The summed E-state index contributed by atoms with van der Waals surface area (Å²) in [4.78, 5) is 0. The zero-order valence-electron chi connectivity index (χ0n) is 11.4. The molecule has 0 saturated heterocycles. The third kappa shape index (κ3) is 3.84. The van der Waals surface area contributed by atoms with E-state index in [1.54, 1.807) is 0 Å². The first kappa shape index (κ1) is 14.1. The van der Waals surface area contributed by atoms with Gasteiger partial charge in [0.1, 0.15) is 6.04 Å². The Morgan fingerprint density at radius 2 is 2.05 bits per heavy atom. The van der Waals surface area contributed by atoms with Gasteiger partial charge in [0, 0.05) is 10.2 Å². The van der Waals surface area contributed by atoms with Crippen LogP contribution in [0.2, 0.25) is 0 Å². The third-order valence-corrected chi connectivity index (χ3v) is 4.13. The molecule has 2 rings (SSSR count). The Labute approximate surface area is 123 Å². The standard InChI is InChI=1S/C16H19BrN2/c1-11-7-12(2)9-13(8-11)16(10-18)19-15-5-3-14(17)4-6-15/h3-7,11,13,16,19H,8-9H2,1-2H3. The van der Waals surface area contributed by atoms with E-state index < -0.39 is 0 Å². The lowest BCUT2D eigenvalue weighted by Gasteiger charge is -2.29. The van der Waals surface area contributed by atoms with Crippen LogP contribution in [0.15, 0.2) is 40.4 Å². The van der Waals surface area contributed by atoms with E-state index in [-0.39, 0.29) is 6.04 Å². The summed E-state index contributed by atoms with van der Waals surface area (Å²) in [6.45, 7) is 4.39. The maximum atomic E-state index is 9.43. The largest absolute Gasteiger partial charge is 0.370 e. The zero-order chi connectivity index (χ0) is 13.8. The highest BCUT2D eigenvalue weighted by Crippen LogP contribution is 2.31. The third-order valence-electron chi connectivity index (χ3n) is 3.60. The highest BCUT2D eigenvalue weighted by Gasteiger charge is 2.26. The van der Waals surface area contributed by atoms with Crippen LogP contribution in [0.4, 0.5) is 5.69 Å². The molecule has 0 fully saturated rings. The summed E-state index contributed by atoms with van der Waals surface area (Å²) in [6.07, 6.45) is 4.43. The molecule has 3 unspecified atom stereocenters. The lowest BCUT2D eigenvalue weighted by molar-refractivity contribution is 0.388. The number of hydrogen-bond donors (Lipinski definition) is 1. The number of anilines is 1. The number of rotatable bonds is 3. The second kappa shape index (κ2) is 6.25. The van der Waals surface area contributed by atoms with Crippen LogP contribution >= 0.6 is 15.9 Å². The van der Waals surface area contributed by atoms with Crippen molar-refractivity contribution >= 4 is 21.6 Å². The maximum absolute atomic E-state index is 9.43. The molecule has 0 radical (unpaired) electrons. The van der Waals surface area contributed by atoms with Crippen LogP contribution in [-0.2, 0) is 0 Å². The maximum Gasteiger partial charge on any atom is 0.117 e. The molecule has 0 amide bonds. The Balaban J connectivity index is 2.07. The summed E-state index contributed by atoms with van der Waals surface area (Å²) in [6, 6.07) is 10.3. The molecular formula is C16H19BrN2. The van der Waals surface area contributed by atoms with E-state index in [2.05, 4.69) is 47.2 Å². The molecule has 1 N–H and O–H groups in total. The van der Waals surface area contributed by atoms with E-state index in [1.807, 2.05) is 24.3 Å². The molecule has 1 aromatic rings. The summed E-state index contributed by atoms with van der Waals surface area (Å²) >= 11 is 3.42. The summed E-state index contributed by atoms with van der Waals surface area (Å²) in [5, 5.41) is 12.8. The van der Waals surface area contributed by atoms with Crippen molar-refractivity contribution in [3.8, 4) is 6.07 Å². The van der Waals surface area contributed by atoms with Crippen LogP contribution < -0.4 is 5.32 Å². The van der Waals surface area contributed by atoms with E-state index in [0.29, 0.717) is 11.8 Å². The lowest BCUT2D eigenvalue weighted by Crippen LogP contribution is -2.30. The van der Waals surface area contributed by atoms with Crippen molar-refractivity contribution < 1.29 is 0 Å². The van der Waals surface area contributed by atoms with Crippen LogP contribution in [0.3, 0.4) is 0 Å². The van der Waals surface area contributed by atoms with Gasteiger partial charge >= 0.3 is 0 Å². The fraction of sp³-hybridized carbons (Fsp3) is 0.438. The molecule has 1 aliphatic rings. The molecule has 0 spiro atoms. The van der Waals surface area contributed by atoms with Crippen molar-refractivity contribution in [3.05, 3.63) is 40.4 Å².